The Labute approximate surface area is 74.3 Å². The van der Waals surface area contributed by atoms with E-state index < -0.39 is 36.8 Å². The summed E-state index contributed by atoms with van der Waals surface area (Å²) in [5.74, 6) is -1.55. The highest BCUT2D eigenvalue weighted by Gasteiger charge is 2.58. The van der Waals surface area contributed by atoms with Gasteiger partial charge >= 0.3 is 0 Å². The molecule has 76 valence electrons. The van der Waals surface area contributed by atoms with Gasteiger partial charge < -0.3 is 29.9 Å². The van der Waals surface area contributed by atoms with Gasteiger partial charge in [-0.3, -0.25) is 0 Å². The van der Waals surface area contributed by atoms with Gasteiger partial charge in [0.25, 0.3) is 0 Å². The van der Waals surface area contributed by atoms with Crippen molar-refractivity contribution in [3.63, 3.8) is 0 Å². The van der Waals surface area contributed by atoms with E-state index in [2.05, 4.69) is 0 Å². The number of rotatable bonds is 1. The molecule has 6 heteroatoms. The van der Waals surface area contributed by atoms with E-state index in [1.807, 2.05) is 0 Å². The molecule has 0 aromatic heterocycles. The second-order valence-corrected chi connectivity index (χ2v) is 3.36. The first kappa shape index (κ1) is 9.32. The van der Waals surface area contributed by atoms with E-state index in [9.17, 15) is 15.3 Å². The fourth-order valence-corrected chi connectivity index (χ4v) is 1.71. The van der Waals surface area contributed by atoms with Gasteiger partial charge in [-0.15, -0.1) is 0 Å². The zero-order chi connectivity index (χ0) is 9.64. The maximum Gasteiger partial charge on any atom is 0.221 e. The summed E-state index contributed by atoms with van der Waals surface area (Å²) < 4.78 is 10.1. The molecule has 2 heterocycles. The summed E-state index contributed by atoms with van der Waals surface area (Å²) >= 11 is 0. The van der Waals surface area contributed by atoms with Crippen LogP contribution in [-0.4, -0.2) is 63.8 Å². The summed E-state index contributed by atoms with van der Waals surface area (Å²) in [6.45, 7) is -0.482. The van der Waals surface area contributed by atoms with Gasteiger partial charge in [-0.2, -0.15) is 0 Å². The molecule has 0 spiro atoms. The molecule has 2 fully saturated rings. The summed E-state index contributed by atoms with van der Waals surface area (Å²) in [7, 11) is 0. The van der Waals surface area contributed by atoms with E-state index in [1.54, 1.807) is 0 Å². The molecule has 6 nitrogen and oxygen atoms in total. The lowest BCUT2D eigenvalue weighted by molar-refractivity contribution is -0.305. The van der Waals surface area contributed by atoms with E-state index in [0.29, 0.717) is 0 Å². The van der Waals surface area contributed by atoms with Crippen LogP contribution in [0.25, 0.3) is 0 Å². The van der Waals surface area contributed by atoms with Crippen molar-refractivity contribution < 1.29 is 29.9 Å². The molecule has 4 N–H and O–H groups in total. The van der Waals surface area contributed by atoms with Crippen LogP contribution in [0.15, 0.2) is 0 Å². The monoisotopic (exact) mass is 192 g/mol. The van der Waals surface area contributed by atoms with Crippen LogP contribution in [0.3, 0.4) is 0 Å². The molecular weight excluding hydrogens is 180 g/mol. The molecular formula is C7H12O6. The first-order valence-corrected chi connectivity index (χ1v) is 4.07. The van der Waals surface area contributed by atoms with Gasteiger partial charge in [0.15, 0.2) is 0 Å². The van der Waals surface area contributed by atoms with Crippen molar-refractivity contribution in [1.29, 1.82) is 0 Å². The lowest BCUT2D eigenvalue weighted by Gasteiger charge is -2.39. The molecule has 0 aromatic rings. The highest BCUT2D eigenvalue weighted by atomic mass is 16.8. The van der Waals surface area contributed by atoms with Crippen molar-refractivity contribution in [2.24, 2.45) is 0 Å². The van der Waals surface area contributed by atoms with Crippen molar-refractivity contribution in [2.75, 3.05) is 13.2 Å². The maximum absolute atomic E-state index is 9.47. The lowest BCUT2D eigenvalue weighted by atomic mass is 9.95. The quantitative estimate of drug-likeness (QED) is 0.358. The number of hydrogen-bond acceptors (Lipinski definition) is 6. The van der Waals surface area contributed by atoms with E-state index in [0.717, 1.165) is 0 Å². The van der Waals surface area contributed by atoms with Gasteiger partial charge in [-0.1, -0.05) is 0 Å². The first-order valence-electron chi connectivity index (χ1n) is 4.07. The van der Waals surface area contributed by atoms with Gasteiger partial charge in [0, 0.05) is 0 Å². The molecule has 2 aliphatic rings. The van der Waals surface area contributed by atoms with Crippen molar-refractivity contribution in [3.8, 4) is 0 Å². The van der Waals surface area contributed by atoms with Crippen LogP contribution in [0.2, 0.25) is 0 Å². The molecule has 13 heavy (non-hydrogen) atoms. The Bertz CT molecular complexity index is 209. The average Bonchev–Trinajstić information content (AvgIpc) is 2.55. The number of aliphatic hydroxyl groups excluding tert-OH is 4. The third-order valence-electron chi connectivity index (χ3n) is 2.57. The molecule has 0 saturated carbocycles. The molecule has 5 atom stereocenters. The van der Waals surface area contributed by atoms with Crippen molar-refractivity contribution in [1.82, 2.24) is 0 Å². The Morgan fingerprint density at radius 2 is 1.92 bits per heavy atom. The molecule has 2 rings (SSSR count). The topological polar surface area (TPSA) is 99.4 Å². The minimum absolute atomic E-state index is 0.0653. The van der Waals surface area contributed by atoms with Gasteiger partial charge in [0.2, 0.25) is 5.79 Å². The zero-order valence-corrected chi connectivity index (χ0v) is 6.83. The van der Waals surface area contributed by atoms with E-state index in [4.69, 9.17) is 14.6 Å². The van der Waals surface area contributed by atoms with Crippen LogP contribution in [0, 0.1) is 0 Å². The zero-order valence-electron chi connectivity index (χ0n) is 6.83. The Hall–Kier alpha value is -0.240. The smallest absolute Gasteiger partial charge is 0.221 e. The first-order chi connectivity index (χ1) is 6.10. The van der Waals surface area contributed by atoms with Crippen LogP contribution >= 0.6 is 0 Å². The Balaban J connectivity index is 2.25. The number of fused-ring (bicyclic) bond motifs is 2. The van der Waals surface area contributed by atoms with Crippen LogP contribution in [0.4, 0.5) is 0 Å². The molecule has 1 unspecified atom stereocenters. The summed E-state index contributed by atoms with van der Waals surface area (Å²) in [4.78, 5) is 0. The summed E-state index contributed by atoms with van der Waals surface area (Å²) in [5, 5.41) is 37.1. The van der Waals surface area contributed by atoms with Gasteiger partial charge in [0.05, 0.1) is 6.61 Å². The molecule has 2 saturated heterocycles. The molecule has 0 amide bonds. The van der Waals surface area contributed by atoms with Crippen LogP contribution in [-0.2, 0) is 9.47 Å². The molecule has 0 radical (unpaired) electrons. The normalized spacial score (nSPS) is 55.4. The largest absolute Gasteiger partial charge is 0.391 e. The predicted molar refractivity (Wildman–Crippen MR) is 38.7 cm³/mol. The fourth-order valence-electron chi connectivity index (χ4n) is 1.71. The van der Waals surface area contributed by atoms with E-state index >= 15 is 0 Å². The molecule has 2 aliphatic heterocycles. The van der Waals surface area contributed by atoms with Gasteiger partial charge in [-0.25, -0.2) is 0 Å². The molecule has 2 bridgehead atoms. The lowest BCUT2D eigenvalue weighted by Crippen LogP contribution is -2.62. The molecule has 0 aromatic carbocycles. The van der Waals surface area contributed by atoms with Gasteiger partial charge in [0.1, 0.15) is 31.0 Å². The third-order valence-corrected chi connectivity index (χ3v) is 2.57. The van der Waals surface area contributed by atoms with Crippen molar-refractivity contribution >= 4 is 0 Å². The minimum atomic E-state index is -1.55. The van der Waals surface area contributed by atoms with Crippen LogP contribution in [0.1, 0.15) is 0 Å². The second kappa shape index (κ2) is 2.88. The average molecular weight is 192 g/mol. The second-order valence-electron chi connectivity index (χ2n) is 3.36. The van der Waals surface area contributed by atoms with Gasteiger partial charge in [-0.05, 0) is 0 Å². The standard InChI is InChI=1S/C7H12O6/c8-2-7-6(11)5(10)4(9)3(13-7)1-12-7/h3-6,8-11H,1-2H2/t3-,4-,5-,6+,7?/m1/s1. The van der Waals surface area contributed by atoms with Crippen LogP contribution in [0.5, 0.6) is 0 Å². The summed E-state index contributed by atoms with van der Waals surface area (Å²) in [6, 6.07) is 0. The third kappa shape index (κ3) is 1.11. The Morgan fingerprint density at radius 1 is 1.23 bits per heavy atom. The SMILES string of the molecule is OCC12OC[C@@H](O1)[C@@H](O)[C@@H](O)[C@@H]2O. The highest BCUT2D eigenvalue weighted by Crippen LogP contribution is 2.36. The highest BCUT2D eigenvalue weighted by molar-refractivity contribution is 5.00. The summed E-state index contributed by atoms with van der Waals surface area (Å²) in [6.07, 6.45) is -4.61. The van der Waals surface area contributed by atoms with E-state index in [-0.39, 0.29) is 6.61 Å². The number of aliphatic hydroxyl groups is 4. The fraction of sp³-hybridized carbons (Fsp3) is 1.00. The van der Waals surface area contributed by atoms with Crippen molar-refractivity contribution in [3.05, 3.63) is 0 Å². The number of hydrogen-bond donors (Lipinski definition) is 4. The molecule has 0 aliphatic carbocycles. The predicted octanol–water partition coefficient (Wildman–Crippen LogP) is -2.81. The Morgan fingerprint density at radius 3 is 2.54 bits per heavy atom. The number of ether oxygens (including phenoxy) is 2. The summed E-state index contributed by atoms with van der Waals surface area (Å²) in [5.41, 5.74) is 0. The van der Waals surface area contributed by atoms with Crippen molar-refractivity contribution in [2.45, 2.75) is 30.2 Å². The minimum Gasteiger partial charge on any atom is -0.391 e. The van der Waals surface area contributed by atoms with Crippen LogP contribution < -0.4 is 0 Å². The van der Waals surface area contributed by atoms with E-state index in [1.165, 1.54) is 0 Å². The maximum atomic E-state index is 9.47. The Kier molecular flexibility index (Phi) is 2.06.